The molecular weight excluding hydrogens is 314 g/mol. The number of aliphatic carboxylic acids is 1. The Kier molecular flexibility index (Phi) is 4.89. The van der Waals surface area contributed by atoms with Crippen molar-refractivity contribution in [2.24, 2.45) is 0 Å². The second-order valence-corrected chi connectivity index (χ2v) is 5.97. The van der Waals surface area contributed by atoms with E-state index in [0.717, 1.165) is 19.3 Å². The Balaban J connectivity index is 1.69. The highest BCUT2D eigenvalue weighted by Gasteiger charge is 2.41. The molecule has 7 nitrogen and oxygen atoms in total. The SMILES string of the molecule is CCOc1cc(C(=O)NC2CC3CCC2O3)ccc1OCC(=O)O. The van der Waals surface area contributed by atoms with Crippen LogP contribution in [0.25, 0.3) is 0 Å². The van der Waals surface area contributed by atoms with Crippen LogP contribution in [-0.2, 0) is 9.53 Å². The van der Waals surface area contributed by atoms with E-state index in [2.05, 4.69) is 5.32 Å². The molecular formula is C17H21NO6. The molecule has 0 spiro atoms. The molecule has 2 aliphatic heterocycles. The number of fused-ring (bicyclic) bond motifs is 2. The normalized spacial score (nSPS) is 24.6. The number of hydrogen-bond donors (Lipinski definition) is 2. The summed E-state index contributed by atoms with van der Waals surface area (Å²) in [5.41, 5.74) is 0.448. The average molecular weight is 335 g/mol. The van der Waals surface area contributed by atoms with Crippen LogP contribution < -0.4 is 14.8 Å². The van der Waals surface area contributed by atoms with Crippen molar-refractivity contribution < 1.29 is 28.9 Å². The summed E-state index contributed by atoms with van der Waals surface area (Å²) in [6.45, 7) is 1.73. The Morgan fingerprint density at radius 1 is 1.29 bits per heavy atom. The van der Waals surface area contributed by atoms with Crippen molar-refractivity contribution in [2.45, 2.75) is 44.4 Å². The number of rotatable bonds is 7. The summed E-state index contributed by atoms with van der Waals surface area (Å²) in [5, 5.41) is 11.7. The largest absolute Gasteiger partial charge is 0.490 e. The van der Waals surface area contributed by atoms with E-state index in [4.69, 9.17) is 19.3 Å². The van der Waals surface area contributed by atoms with Gasteiger partial charge in [0.2, 0.25) is 0 Å². The van der Waals surface area contributed by atoms with E-state index < -0.39 is 12.6 Å². The van der Waals surface area contributed by atoms with Crippen LogP contribution in [0, 0.1) is 0 Å². The number of amides is 1. The zero-order valence-electron chi connectivity index (χ0n) is 13.5. The molecule has 0 aromatic heterocycles. The lowest BCUT2D eigenvalue weighted by molar-refractivity contribution is -0.139. The van der Waals surface area contributed by atoms with Gasteiger partial charge in [-0.2, -0.15) is 0 Å². The van der Waals surface area contributed by atoms with Crippen molar-refractivity contribution >= 4 is 11.9 Å². The highest BCUT2D eigenvalue weighted by molar-refractivity contribution is 5.95. The van der Waals surface area contributed by atoms with Crippen molar-refractivity contribution in [1.82, 2.24) is 5.32 Å². The lowest BCUT2D eigenvalue weighted by Crippen LogP contribution is -2.41. The molecule has 130 valence electrons. The van der Waals surface area contributed by atoms with Crippen LogP contribution in [0.5, 0.6) is 11.5 Å². The van der Waals surface area contributed by atoms with Gasteiger partial charge in [0.1, 0.15) is 0 Å². The van der Waals surface area contributed by atoms with Crippen LogP contribution in [0.4, 0.5) is 0 Å². The van der Waals surface area contributed by atoms with Gasteiger partial charge >= 0.3 is 5.97 Å². The van der Waals surface area contributed by atoms with Crippen LogP contribution >= 0.6 is 0 Å². The summed E-state index contributed by atoms with van der Waals surface area (Å²) in [5.74, 6) is -0.605. The number of nitrogens with one attached hydrogen (secondary N) is 1. The fraction of sp³-hybridized carbons (Fsp3) is 0.529. The molecule has 2 aliphatic rings. The number of carbonyl (C=O) groups excluding carboxylic acids is 1. The Hall–Kier alpha value is -2.28. The van der Waals surface area contributed by atoms with E-state index >= 15 is 0 Å². The minimum Gasteiger partial charge on any atom is -0.490 e. The third-order valence-electron chi connectivity index (χ3n) is 4.28. The monoisotopic (exact) mass is 335 g/mol. The standard InChI is InChI=1S/C17H21NO6/c1-2-22-15-7-10(3-5-14(15)23-9-16(19)20)17(21)18-12-8-11-4-6-13(12)24-11/h3,5,7,11-13H,2,4,6,8-9H2,1H3,(H,18,21)(H,19,20). The number of benzene rings is 1. The Morgan fingerprint density at radius 3 is 2.75 bits per heavy atom. The van der Waals surface area contributed by atoms with Crippen LogP contribution in [0.3, 0.4) is 0 Å². The molecule has 2 saturated heterocycles. The topological polar surface area (TPSA) is 94.1 Å². The van der Waals surface area contributed by atoms with Gasteiger partial charge in [-0.15, -0.1) is 0 Å². The lowest BCUT2D eigenvalue weighted by Gasteiger charge is -2.20. The summed E-state index contributed by atoms with van der Waals surface area (Å²) in [6.07, 6.45) is 3.30. The van der Waals surface area contributed by atoms with Crippen molar-refractivity contribution in [1.29, 1.82) is 0 Å². The maximum atomic E-state index is 12.5. The lowest BCUT2D eigenvalue weighted by atomic mass is 9.95. The molecule has 1 aromatic carbocycles. The maximum absolute atomic E-state index is 12.5. The molecule has 2 N–H and O–H groups in total. The van der Waals surface area contributed by atoms with Crippen molar-refractivity contribution in [3.8, 4) is 11.5 Å². The molecule has 1 amide bonds. The number of ether oxygens (including phenoxy) is 3. The molecule has 2 fully saturated rings. The van der Waals surface area contributed by atoms with E-state index in [-0.39, 0.29) is 24.2 Å². The number of carboxylic acid groups (broad SMARTS) is 1. The summed E-state index contributed by atoms with van der Waals surface area (Å²) in [4.78, 5) is 23.1. The number of hydrogen-bond acceptors (Lipinski definition) is 5. The van der Waals surface area contributed by atoms with Gasteiger partial charge in [-0.05, 0) is 44.4 Å². The molecule has 7 heteroatoms. The highest BCUT2D eigenvalue weighted by atomic mass is 16.5. The van der Waals surface area contributed by atoms with Gasteiger partial charge in [0.15, 0.2) is 18.1 Å². The third kappa shape index (κ3) is 3.62. The van der Waals surface area contributed by atoms with Gasteiger partial charge in [-0.3, -0.25) is 4.79 Å². The van der Waals surface area contributed by atoms with E-state index in [0.29, 0.717) is 23.7 Å². The van der Waals surface area contributed by atoms with Gasteiger partial charge in [0.25, 0.3) is 5.91 Å². The number of carboxylic acids is 1. The molecule has 1 aromatic rings. The van der Waals surface area contributed by atoms with Gasteiger partial charge < -0.3 is 24.6 Å². The predicted molar refractivity (Wildman–Crippen MR) is 84.5 cm³/mol. The van der Waals surface area contributed by atoms with Crippen LogP contribution in [0.15, 0.2) is 18.2 Å². The van der Waals surface area contributed by atoms with E-state index in [1.54, 1.807) is 25.1 Å². The third-order valence-corrected chi connectivity index (χ3v) is 4.28. The minimum absolute atomic E-state index is 0.0507. The Labute approximate surface area is 139 Å². The maximum Gasteiger partial charge on any atom is 0.341 e. The summed E-state index contributed by atoms with van der Waals surface area (Å²) in [6, 6.07) is 4.78. The van der Waals surface area contributed by atoms with Crippen LogP contribution in [0.2, 0.25) is 0 Å². The second-order valence-electron chi connectivity index (χ2n) is 5.97. The summed E-state index contributed by atoms with van der Waals surface area (Å²) < 4.78 is 16.4. The minimum atomic E-state index is -1.07. The van der Waals surface area contributed by atoms with Crippen LogP contribution in [0.1, 0.15) is 36.5 Å². The van der Waals surface area contributed by atoms with E-state index in [9.17, 15) is 9.59 Å². The van der Waals surface area contributed by atoms with E-state index in [1.807, 2.05) is 0 Å². The first-order valence-corrected chi connectivity index (χ1v) is 8.14. The first kappa shape index (κ1) is 16.6. The Bertz CT molecular complexity index is 632. The molecule has 2 heterocycles. The van der Waals surface area contributed by atoms with Crippen molar-refractivity contribution in [3.05, 3.63) is 23.8 Å². The Morgan fingerprint density at radius 2 is 2.12 bits per heavy atom. The fourth-order valence-electron chi connectivity index (χ4n) is 3.22. The highest BCUT2D eigenvalue weighted by Crippen LogP contribution is 2.34. The molecule has 0 aliphatic carbocycles. The van der Waals surface area contributed by atoms with Crippen molar-refractivity contribution in [2.75, 3.05) is 13.2 Å². The fourth-order valence-corrected chi connectivity index (χ4v) is 3.22. The second kappa shape index (κ2) is 7.09. The molecule has 2 bridgehead atoms. The average Bonchev–Trinajstić information content (AvgIpc) is 3.16. The zero-order chi connectivity index (χ0) is 17.1. The molecule has 0 saturated carbocycles. The molecule has 24 heavy (non-hydrogen) atoms. The van der Waals surface area contributed by atoms with Gasteiger partial charge in [-0.25, -0.2) is 4.79 Å². The molecule has 3 unspecified atom stereocenters. The molecule has 0 radical (unpaired) electrons. The molecule has 3 rings (SSSR count). The summed E-state index contributed by atoms with van der Waals surface area (Å²) >= 11 is 0. The summed E-state index contributed by atoms with van der Waals surface area (Å²) in [7, 11) is 0. The van der Waals surface area contributed by atoms with E-state index in [1.165, 1.54) is 0 Å². The van der Waals surface area contributed by atoms with Gasteiger partial charge in [0, 0.05) is 5.56 Å². The van der Waals surface area contributed by atoms with Crippen LogP contribution in [-0.4, -0.2) is 48.4 Å². The van der Waals surface area contributed by atoms with Gasteiger partial charge in [0.05, 0.1) is 24.9 Å². The van der Waals surface area contributed by atoms with Gasteiger partial charge in [-0.1, -0.05) is 0 Å². The predicted octanol–water partition coefficient (Wildman–Crippen LogP) is 1.60. The molecule has 3 atom stereocenters. The first-order valence-electron chi connectivity index (χ1n) is 8.14. The smallest absolute Gasteiger partial charge is 0.341 e. The number of carbonyl (C=O) groups is 2. The first-order chi connectivity index (χ1) is 11.6. The zero-order valence-corrected chi connectivity index (χ0v) is 13.5. The quantitative estimate of drug-likeness (QED) is 0.786. The van der Waals surface area contributed by atoms with Crippen molar-refractivity contribution in [3.63, 3.8) is 0 Å².